The van der Waals surface area contributed by atoms with E-state index in [1.165, 1.54) is 44.9 Å². The molecule has 1 heteroatoms. The molecule has 3 atom stereocenters. The molecule has 16 heavy (non-hydrogen) atoms. The fraction of sp³-hybridized carbons (Fsp3) is 1.00. The smallest absolute Gasteiger partial charge is 0.103 e. The number of hydrogen-bond acceptors (Lipinski definition) is 0. The zero-order chi connectivity index (χ0) is 11.5. The van der Waals surface area contributed by atoms with Crippen molar-refractivity contribution in [1.29, 1.82) is 0 Å². The molecule has 2 fully saturated rings. The average molecular weight is 226 g/mol. The first-order chi connectivity index (χ1) is 7.70. The Kier molecular flexibility index (Phi) is 4.27. The van der Waals surface area contributed by atoms with Gasteiger partial charge in [0, 0.05) is 0 Å². The van der Waals surface area contributed by atoms with E-state index in [9.17, 15) is 4.39 Å². The van der Waals surface area contributed by atoms with Crippen LogP contribution in [0.15, 0.2) is 0 Å². The molecule has 3 unspecified atom stereocenters. The van der Waals surface area contributed by atoms with Gasteiger partial charge >= 0.3 is 0 Å². The van der Waals surface area contributed by atoms with Gasteiger partial charge in [0.15, 0.2) is 0 Å². The highest BCUT2D eigenvalue weighted by Crippen LogP contribution is 2.43. The number of halogens is 1. The average Bonchev–Trinajstić information content (AvgIpc) is 2.30. The third-order valence-electron chi connectivity index (χ3n) is 5.17. The van der Waals surface area contributed by atoms with Gasteiger partial charge in [0.1, 0.15) is 6.17 Å². The topological polar surface area (TPSA) is 0 Å². The SMILES string of the molecule is CCC1CCC(C2CCC(C)CC2)C(F)C1. The van der Waals surface area contributed by atoms with Crippen molar-refractivity contribution in [2.24, 2.45) is 23.7 Å². The van der Waals surface area contributed by atoms with Crippen molar-refractivity contribution in [2.45, 2.75) is 71.4 Å². The summed E-state index contributed by atoms with van der Waals surface area (Å²) in [5.41, 5.74) is 0. The molecule has 0 amide bonds. The van der Waals surface area contributed by atoms with Crippen molar-refractivity contribution in [3.05, 3.63) is 0 Å². The fourth-order valence-corrected chi connectivity index (χ4v) is 3.84. The van der Waals surface area contributed by atoms with Crippen LogP contribution in [-0.4, -0.2) is 6.17 Å². The first kappa shape index (κ1) is 12.4. The quantitative estimate of drug-likeness (QED) is 0.623. The van der Waals surface area contributed by atoms with E-state index in [4.69, 9.17) is 0 Å². The summed E-state index contributed by atoms with van der Waals surface area (Å²) in [5, 5.41) is 0. The molecule has 0 aromatic heterocycles. The summed E-state index contributed by atoms with van der Waals surface area (Å²) >= 11 is 0. The molecular formula is C15H27F. The monoisotopic (exact) mass is 226 g/mol. The second-order valence-electron chi connectivity index (χ2n) is 6.29. The van der Waals surface area contributed by atoms with Gasteiger partial charge in [-0.1, -0.05) is 33.1 Å². The van der Waals surface area contributed by atoms with Crippen molar-refractivity contribution in [1.82, 2.24) is 0 Å². The Morgan fingerprint density at radius 3 is 2.25 bits per heavy atom. The Bertz CT molecular complexity index is 205. The van der Waals surface area contributed by atoms with Crippen LogP contribution in [0.1, 0.15) is 65.2 Å². The summed E-state index contributed by atoms with van der Waals surface area (Å²) in [6.45, 7) is 4.55. The predicted octanol–water partition coefficient (Wildman–Crippen LogP) is 4.98. The molecule has 0 saturated heterocycles. The standard InChI is InChI=1S/C15H27F/c1-3-12-6-9-14(15(16)10-12)13-7-4-11(2)5-8-13/h11-15H,3-10H2,1-2H3. The van der Waals surface area contributed by atoms with Crippen LogP contribution in [-0.2, 0) is 0 Å². The number of hydrogen-bond donors (Lipinski definition) is 0. The molecule has 0 aromatic rings. The van der Waals surface area contributed by atoms with Gasteiger partial charge in [-0.05, 0) is 55.8 Å². The molecule has 2 aliphatic carbocycles. The molecule has 0 aromatic carbocycles. The van der Waals surface area contributed by atoms with Crippen molar-refractivity contribution in [3.63, 3.8) is 0 Å². The molecule has 2 rings (SSSR count). The Morgan fingerprint density at radius 1 is 1.00 bits per heavy atom. The highest BCUT2D eigenvalue weighted by Gasteiger charge is 2.36. The third kappa shape index (κ3) is 2.78. The molecule has 0 aliphatic heterocycles. The van der Waals surface area contributed by atoms with E-state index in [0.29, 0.717) is 17.8 Å². The molecule has 94 valence electrons. The lowest BCUT2D eigenvalue weighted by Crippen LogP contribution is -2.33. The maximum atomic E-state index is 14.2. The van der Waals surface area contributed by atoms with Gasteiger partial charge in [0.25, 0.3) is 0 Å². The minimum atomic E-state index is -0.489. The predicted molar refractivity (Wildman–Crippen MR) is 67.1 cm³/mol. The maximum Gasteiger partial charge on any atom is 0.103 e. The molecule has 0 heterocycles. The van der Waals surface area contributed by atoms with E-state index in [-0.39, 0.29) is 0 Å². The zero-order valence-electron chi connectivity index (χ0n) is 10.9. The third-order valence-corrected chi connectivity index (χ3v) is 5.17. The van der Waals surface area contributed by atoms with Crippen LogP contribution in [0.3, 0.4) is 0 Å². The highest BCUT2D eigenvalue weighted by molar-refractivity contribution is 4.86. The van der Waals surface area contributed by atoms with Crippen molar-refractivity contribution in [2.75, 3.05) is 0 Å². The summed E-state index contributed by atoms with van der Waals surface area (Å²) in [7, 11) is 0. The van der Waals surface area contributed by atoms with E-state index in [2.05, 4.69) is 13.8 Å². The van der Waals surface area contributed by atoms with Gasteiger partial charge < -0.3 is 0 Å². The molecular weight excluding hydrogens is 199 g/mol. The van der Waals surface area contributed by atoms with Crippen LogP contribution < -0.4 is 0 Å². The molecule has 0 nitrogen and oxygen atoms in total. The molecule has 0 bridgehead atoms. The summed E-state index contributed by atoms with van der Waals surface area (Å²) in [6.07, 6.45) is 9.26. The Balaban J connectivity index is 1.85. The Morgan fingerprint density at radius 2 is 1.69 bits per heavy atom. The van der Waals surface area contributed by atoms with E-state index < -0.39 is 6.17 Å². The second-order valence-corrected chi connectivity index (χ2v) is 6.29. The van der Waals surface area contributed by atoms with Crippen LogP contribution in [0.4, 0.5) is 4.39 Å². The first-order valence-corrected chi connectivity index (χ1v) is 7.34. The largest absolute Gasteiger partial charge is 0.247 e. The number of rotatable bonds is 2. The van der Waals surface area contributed by atoms with Gasteiger partial charge in [-0.25, -0.2) is 4.39 Å². The molecule has 0 N–H and O–H groups in total. The van der Waals surface area contributed by atoms with Crippen LogP contribution in [0.25, 0.3) is 0 Å². The van der Waals surface area contributed by atoms with Gasteiger partial charge in [0.05, 0.1) is 0 Å². The fourth-order valence-electron chi connectivity index (χ4n) is 3.84. The van der Waals surface area contributed by atoms with Crippen LogP contribution in [0, 0.1) is 23.7 Å². The minimum Gasteiger partial charge on any atom is -0.247 e. The summed E-state index contributed by atoms with van der Waals surface area (Å²) in [5.74, 6) is 2.69. The minimum absolute atomic E-state index is 0.412. The molecule has 0 spiro atoms. The zero-order valence-corrected chi connectivity index (χ0v) is 10.9. The van der Waals surface area contributed by atoms with Gasteiger partial charge in [-0.3, -0.25) is 0 Å². The summed E-state index contributed by atoms with van der Waals surface area (Å²) in [4.78, 5) is 0. The maximum absolute atomic E-state index is 14.2. The van der Waals surface area contributed by atoms with Crippen LogP contribution in [0.5, 0.6) is 0 Å². The van der Waals surface area contributed by atoms with Crippen LogP contribution >= 0.6 is 0 Å². The second kappa shape index (κ2) is 5.51. The van der Waals surface area contributed by atoms with E-state index in [1.807, 2.05) is 0 Å². The lowest BCUT2D eigenvalue weighted by molar-refractivity contribution is 0.0594. The molecule has 2 saturated carbocycles. The van der Waals surface area contributed by atoms with Crippen molar-refractivity contribution >= 4 is 0 Å². The molecule has 0 radical (unpaired) electrons. The van der Waals surface area contributed by atoms with E-state index in [0.717, 1.165) is 12.3 Å². The van der Waals surface area contributed by atoms with Crippen molar-refractivity contribution < 1.29 is 4.39 Å². The number of alkyl halides is 1. The Labute approximate surface area is 100 Å². The normalized spacial score (nSPS) is 45.6. The lowest BCUT2D eigenvalue weighted by atomic mass is 9.68. The lowest BCUT2D eigenvalue weighted by Gasteiger charge is -2.39. The Hall–Kier alpha value is -0.0700. The van der Waals surface area contributed by atoms with Gasteiger partial charge in [-0.2, -0.15) is 0 Å². The summed E-state index contributed by atoms with van der Waals surface area (Å²) < 4.78 is 14.2. The van der Waals surface area contributed by atoms with Crippen molar-refractivity contribution in [3.8, 4) is 0 Å². The van der Waals surface area contributed by atoms with Crippen LogP contribution in [0.2, 0.25) is 0 Å². The van der Waals surface area contributed by atoms with E-state index >= 15 is 0 Å². The molecule has 2 aliphatic rings. The summed E-state index contributed by atoms with van der Waals surface area (Å²) in [6, 6.07) is 0. The van der Waals surface area contributed by atoms with Gasteiger partial charge in [-0.15, -0.1) is 0 Å². The highest BCUT2D eigenvalue weighted by atomic mass is 19.1. The van der Waals surface area contributed by atoms with Gasteiger partial charge in [0.2, 0.25) is 0 Å². The van der Waals surface area contributed by atoms with E-state index in [1.54, 1.807) is 0 Å². The first-order valence-electron chi connectivity index (χ1n) is 7.34.